The van der Waals surface area contributed by atoms with Crippen molar-refractivity contribution >= 4 is 11.8 Å². The second-order valence-corrected chi connectivity index (χ2v) is 3.89. The third-order valence-corrected chi connectivity index (χ3v) is 1.88. The van der Waals surface area contributed by atoms with Crippen LogP contribution < -0.4 is 10.6 Å². The SMILES string of the molecule is Cc1cc(NC(=O)NCCC(C)C)no1. The summed E-state index contributed by atoms with van der Waals surface area (Å²) < 4.78 is 4.82. The number of amides is 2. The zero-order chi connectivity index (χ0) is 11.3. The molecule has 5 nitrogen and oxygen atoms in total. The third kappa shape index (κ3) is 4.49. The van der Waals surface area contributed by atoms with Crippen LogP contribution in [0.5, 0.6) is 0 Å². The summed E-state index contributed by atoms with van der Waals surface area (Å²) in [5.41, 5.74) is 0. The normalized spacial score (nSPS) is 10.4. The van der Waals surface area contributed by atoms with E-state index in [2.05, 4.69) is 29.6 Å². The minimum absolute atomic E-state index is 0.246. The monoisotopic (exact) mass is 211 g/mol. The van der Waals surface area contributed by atoms with E-state index in [1.165, 1.54) is 0 Å². The predicted molar refractivity (Wildman–Crippen MR) is 57.7 cm³/mol. The molecule has 2 amide bonds. The highest BCUT2D eigenvalue weighted by molar-refractivity contribution is 5.88. The van der Waals surface area contributed by atoms with Crippen LogP contribution in [0.25, 0.3) is 0 Å². The Morgan fingerprint density at radius 3 is 2.87 bits per heavy atom. The van der Waals surface area contributed by atoms with Gasteiger partial charge in [-0.15, -0.1) is 0 Å². The fraction of sp³-hybridized carbons (Fsp3) is 0.600. The largest absolute Gasteiger partial charge is 0.360 e. The number of rotatable bonds is 4. The van der Waals surface area contributed by atoms with E-state index in [-0.39, 0.29) is 6.03 Å². The average Bonchev–Trinajstić information content (AvgIpc) is 2.50. The number of urea groups is 1. The van der Waals surface area contributed by atoms with Gasteiger partial charge in [0.1, 0.15) is 5.76 Å². The van der Waals surface area contributed by atoms with E-state index in [0.717, 1.165) is 6.42 Å². The van der Waals surface area contributed by atoms with Crippen LogP contribution in [-0.2, 0) is 0 Å². The lowest BCUT2D eigenvalue weighted by molar-refractivity contribution is 0.251. The Balaban J connectivity index is 2.24. The number of aromatic nitrogens is 1. The van der Waals surface area contributed by atoms with Crippen molar-refractivity contribution in [3.8, 4) is 0 Å². The van der Waals surface area contributed by atoms with Crippen LogP contribution in [0.1, 0.15) is 26.0 Å². The molecule has 1 aromatic rings. The molecule has 0 aliphatic heterocycles. The molecule has 1 rings (SSSR count). The zero-order valence-electron chi connectivity index (χ0n) is 9.33. The molecule has 5 heteroatoms. The Labute approximate surface area is 89.2 Å². The van der Waals surface area contributed by atoms with Crippen molar-refractivity contribution in [3.63, 3.8) is 0 Å². The summed E-state index contributed by atoms with van der Waals surface area (Å²) in [4.78, 5) is 11.3. The lowest BCUT2D eigenvalue weighted by Gasteiger charge is -2.06. The Bertz CT molecular complexity index is 320. The molecule has 15 heavy (non-hydrogen) atoms. The van der Waals surface area contributed by atoms with E-state index in [1.807, 2.05) is 0 Å². The molecule has 0 spiro atoms. The lowest BCUT2D eigenvalue weighted by atomic mass is 10.1. The van der Waals surface area contributed by atoms with Gasteiger partial charge in [0.25, 0.3) is 0 Å². The zero-order valence-corrected chi connectivity index (χ0v) is 9.33. The highest BCUT2D eigenvalue weighted by atomic mass is 16.5. The van der Waals surface area contributed by atoms with Crippen molar-refractivity contribution in [2.24, 2.45) is 5.92 Å². The molecule has 0 radical (unpaired) electrons. The van der Waals surface area contributed by atoms with Crippen molar-refractivity contribution < 1.29 is 9.32 Å². The number of nitrogens with one attached hydrogen (secondary N) is 2. The molecule has 84 valence electrons. The number of hydrogen-bond acceptors (Lipinski definition) is 3. The van der Waals surface area contributed by atoms with E-state index in [9.17, 15) is 4.79 Å². The average molecular weight is 211 g/mol. The topological polar surface area (TPSA) is 67.2 Å². The molecule has 1 aromatic heterocycles. The van der Waals surface area contributed by atoms with Gasteiger partial charge in [0.05, 0.1) is 0 Å². The molecule has 0 aromatic carbocycles. The minimum atomic E-state index is -0.246. The van der Waals surface area contributed by atoms with Crippen LogP contribution in [-0.4, -0.2) is 17.7 Å². The van der Waals surface area contributed by atoms with Crippen molar-refractivity contribution in [2.45, 2.75) is 27.2 Å². The lowest BCUT2D eigenvalue weighted by Crippen LogP contribution is -2.30. The first-order valence-electron chi connectivity index (χ1n) is 5.06. The highest BCUT2D eigenvalue weighted by Gasteiger charge is 2.04. The highest BCUT2D eigenvalue weighted by Crippen LogP contribution is 2.06. The summed E-state index contributed by atoms with van der Waals surface area (Å²) in [7, 11) is 0. The van der Waals surface area contributed by atoms with Crippen LogP contribution >= 0.6 is 0 Å². The summed E-state index contributed by atoms with van der Waals surface area (Å²) in [6.45, 7) is 6.66. The quantitative estimate of drug-likeness (QED) is 0.801. The first-order valence-corrected chi connectivity index (χ1v) is 5.06. The Morgan fingerprint density at radius 1 is 1.60 bits per heavy atom. The van der Waals surface area contributed by atoms with Gasteiger partial charge in [-0.05, 0) is 19.3 Å². The number of nitrogens with zero attached hydrogens (tertiary/aromatic N) is 1. The van der Waals surface area contributed by atoms with Crippen LogP contribution in [0.3, 0.4) is 0 Å². The fourth-order valence-electron chi connectivity index (χ4n) is 1.06. The number of anilines is 1. The van der Waals surface area contributed by atoms with E-state index in [1.54, 1.807) is 13.0 Å². The first-order chi connectivity index (χ1) is 7.08. The number of aryl methyl sites for hydroxylation is 1. The van der Waals surface area contributed by atoms with E-state index in [0.29, 0.717) is 24.0 Å². The smallest absolute Gasteiger partial charge is 0.320 e. The molecule has 0 fully saturated rings. The summed E-state index contributed by atoms with van der Waals surface area (Å²) in [6.07, 6.45) is 0.964. The van der Waals surface area contributed by atoms with Gasteiger partial charge in [0, 0.05) is 12.6 Å². The second kappa shape index (κ2) is 5.38. The molecule has 0 saturated carbocycles. The summed E-state index contributed by atoms with van der Waals surface area (Å²) in [6, 6.07) is 1.42. The molecule has 0 bridgehead atoms. The Morgan fingerprint density at radius 2 is 2.33 bits per heavy atom. The standard InChI is InChI=1S/C10H17N3O2/c1-7(2)4-5-11-10(14)12-9-6-8(3)15-13-9/h6-7H,4-5H2,1-3H3,(H2,11,12,13,14). The fourth-order valence-corrected chi connectivity index (χ4v) is 1.06. The molecular weight excluding hydrogens is 194 g/mol. The third-order valence-electron chi connectivity index (χ3n) is 1.88. The van der Waals surface area contributed by atoms with Crippen LogP contribution in [0.15, 0.2) is 10.6 Å². The van der Waals surface area contributed by atoms with E-state index < -0.39 is 0 Å². The van der Waals surface area contributed by atoms with Gasteiger partial charge in [-0.2, -0.15) is 0 Å². The maximum atomic E-state index is 11.3. The molecule has 0 unspecified atom stereocenters. The molecule has 0 saturated heterocycles. The second-order valence-electron chi connectivity index (χ2n) is 3.89. The van der Waals surface area contributed by atoms with Crippen LogP contribution in [0.4, 0.5) is 10.6 Å². The molecule has 0 atom stereocenters. The van der Waals surface area contributed by atoms with Gasteiger partial charge in [-0.25, -0.2) is 4.79 Å². The molecule has 1 heterocycles. The minimum Gasteiger partial charge on any atom is -0.360 e. The number of hydrogen-bond donors (Lipinski definition) is 2. The van der Waals surface area contributed by atoms with Gasteiger partial charge in [0.15, 0.2) is 5.82 Å². The first kappa shape index (κ1) is 11.6. The molecule has 2 N–H and O–H groups in total. The summed E-state index contributed by atoms with van der Waals surface area (Å²) in [5, 5.41) is 8.97. The van der Waals surface area contributed by atoms with Gasteiger partial charge < -0.3 is 9.84 Å². The maximum Gasteiger partial charge on any atom is 0.320 e. The van der Waals surface area contributed by atoms with E-state index in [4.69, 9.17) is 4.52 Å². The van der Waals surface area contributed by atoms with Gasteiger partial charge in [-0.1, -0.05) is 19.0 Å². The molecular formula is C10H17N3O2. The molecule has 0 aliphatic rings. The van der Waals surface area contributed by atoms with Crippen molar-refractivity contribution in [1.29, 1.82) is 0 Å². The Kier molecular flexibility index (Phi) is 4.15. The predicted octanol–water partition coefficient (Wildman–Crippen LogP) is 2.15. The van der Waals surface area contributed by atoms with Crippen molar-refractivity contribution in [3.05, 3.63) is 11.8 Å². The number of carbonyl (C=O) groups is 1. The van der Waals surface area contributed by atoms with Gasteiger partial charge >= 0.3 is 6.03 Å². The Hall–Kier alpha value is -1.52. The maximum absolute atomic E-state index is 11.3. The van der Waals surface area contributed by atoms with Crippen LogP contribution in [0, 0.1) is 12.8 Å². The summed E-state index contributed by atoms with van der Waals surface area (Å²) in [5.74, 6) is 1.70. The van der Waals surface area contributed by atoms with Crippen molar-refractivity contribution in [2.75, 3.05) is 11.9 Å². The van der Waals surface area contributed by atoms with E-state index >= 15 is 0 Å². The number of carbonyl (C=O) groups excluding carboxylic acids is 1. The van der Waals surface area contributed by atoms with Gasteiger partial charge in [0.2, 0.25) is 0 Å². The van der Waals surface area contributed by atoms with Gasteiger partial charge in [-0.3, -0.25) is 5.32 Å². The van der Waals surface area contributed by atoms with Crippen molar-refractivity contribution in [1.82, 2.24) is 10.5 Å². The summed E-state index contributed by atoms with van der Waals surface area (Å²) >= 11 is 0. The van der Waals surface area contributed by atoms with Crippen LogP contribution in [0.2, 0.25) is 0 Å². The molecule has 0 aliphatic carbocycles.